The molecule has 1 aromatic heterocycles. The van der Waals surface area contributed by atoms with Crippen LogP contribution in [-0.2, 0) is 49.5 Å². The number of carbonyl (C=O) groups excluding carboxylic acids is 2. The predicted molar refractivity (Wildman–Crippen MR) is 219 cm³/mol. The van der Waals surface area contributed by atoms with Crippen molar-refractivity contribution in [1.29, 1.82) is 0 Å². The van der Waals surface area contributed by atoms with Crippen molar-refractivity contribution >= 4 is 28.4 Å². The standard InChI is InChI=1S/C42H52F2N6O14/c1-48(40(51)35-26-30-25-33(5-6-34(30)46-35)49-9-8-42(53,64-49)41(52)45-28-29-23-31(43)27-32(44)24-29)10-12-54-13-14-55-15-16-56-17-18-57-19-20-58-21-22-59-36-3-2-4-37-39(36)63-50(62-37)38-7-11-60-47-61-38/h2-6,23-27,38,46-47,53H,7-22,28H2,1H3,(H,45,52). The Morgan fingerprint density at radius 3 is 2.25 bits per heavy atom. The van der Waals surface area contributed by atoms with Crippen molar-refractivity contribution in [3.8, 4) is 17.2 Å². The molecule has 0 bridgehead atoms. The minimum Gasteiger partial charge on any atom is -0.487 e. The molecule has 2 atom stereocenters. The van der Waals surface area contributed by atoms with Crippen LogP contribution in [0.5, 0.6) is 17.2 Å². The van der Waals surface area contributed by atoms with E-state index >= 15 is 0 Å². The van der Waals surface area contributed by atoms with Crippen LogP contribution < -0.4 is 30.4 Å². The number of ether oxygens (including phenoxy) is 6. The second kappa shape index (κ2) is 23.1. The van der Waals surface area contributed by atoms with Gasteiger partial charge < -0.3 is 58.4 Å². The average molecular weight is 903 g/mol. The summed E-state index contributed by atoms with van der Waals surface area (Å²) in [6.07, 6.45) is 0.0252. The van der Waals surface area contributed by atoms with Crippen molar-refractivity contribution in [1.82, 2.24) is 26.1 Å². The van der Waals surface area contributed by atoms with E-state index in [1.807, 2.05) is 0 Å². The number of rotatable bonds is 25. The number of hydrogen-bond acceptors (Lipinski definition) is 17. The van der Waals surface area contributed by atoms with Crippen LogP contribution in [0.15, 0.2) is 60.7 Å². The smallest absolute Gasteiger partial charge is 0.282 e. The van der Waals surface area contributed by atoms with Crippen molar-refractivity contribution in [2.45, 2.75) is 31.4 Å². The molecule has 22 heteroatoms. The van der Waals surface area contributed by atoms with Crippen LogP contribution in [0.3, 0.4) is 0 Å². The van der Waals surface area contributed by atoms with Gasteiger partial charge in [0.1, 0.15) is 23.9 Å². The maximum Gasteiger partial charge on any atom is 0.282 e. The lowest BCUT2D eigenvalue weighted by molar-refractivity contribution is -0.376. The molecule has 0 spiro atoms. The molecule has 20 nitrogen and oxygen atoms in total. The van der Waals surface area contributed by atoms with E-state index in [0.717, 1.165) is 18.2 Å². The first-order valence-corrected chi connectivity index (χ1v) is 20.8. The third-order valence-corrected chi connectivity index (χ3v) is 9.92. The number of benzene rings is 3. The molecule has 3 aliphatic heterocycles. The first kappa shape index (κ1) is 46.7. The van der Waals surface area contributed by atoms with Gasteiger partial charge in [-0.2, -0.15) is 0 Å². The van der Waals surface area contributed by atoms with Crippen LogP contribution in [0.4, 0.5) is 14.5 Å². The molecule has 2 fully saturated rings. The van der Waals surface area contributed by atoms with E-state index in [1.54, 1.807) is 54.4 Å². The number of aromatic nitrogens is 1. The normalized spacial score (nSPS) is 18.5. The number of halogens is 2. The lowest BCUT2D eigenvalue weighted by Gasteiger charge is -2.26. The third kappa shape index (κ3) is 12.9. The summed E-state index contributed by atoms with van der Waals surface area (Å²) in [5.74, 6) is -3.30. The molecule has 0 aliphatic carbocycles. The molecule has 0 saturated carbocycles. The highest BCUT2D eigenvalue weighted by Gasteiger charge is 2.45. The number of likely N-dealkylation sites (N-methyl/N-ethyl adjacent to an activating group) is 1. The molecule has 4 N–H and O–H groups in total. The molecule has 2 amide bonds. The molecule has 4 heterocycles. The molecule has 3 aliphatic rings. The number of nitrogens with one attached hydrogen (secondary N) is 3. The summed E-state index contributed by atoms with van der Waals surface area (Å²) in [5.41, 5.74) is 4.19. The first-order valence-electron chi connectivity index (χ1n) is 20.8. The van der Waals surface area contributed by atoms with Crippen molar-refractivity contribution in [3.63, 3.8) is 0 Å². The fourth-order valence-corrected chi connectivity index (χ4v) is 6.58. The summed E-state index contributed by atoms with van der Waals surface area (Å²) in [4.78, 5) is 57.9. The van der Waals surface area contributed by atoms with E-state index in [1.165, 1.54) is 10.3 Å². The number of anilines is 1. The molecule has 348 valence electrons. The summed E-state index contributed by atoms with van der Waals surface area (Å²) < 4.78 is 60.7. The number of nitrogens with zero attached hydrogens (tertiary/aromatic N) is 3. The predicted octanol–water partition coefficient (Wildman–Crippen LogP) is 2.91. The Morgan fingerprint density at radius 2 is 1.56 bits per heavy atom. The average Bonchev–Trinajstić information content (AvgIpc) is 4.05. The van der Waals surface area contributed by atoms with E-state index in [0.29, 0.717) is 132 Å². The topological polar surface area (TPSA) is 205 Å². The lowest BCUT2D eigenvalue weighted by atomic mass is 10.1. The summed E-state index contributed by atoms with van der Waals surface area (Å²) in [7, 11) is 1.68. The molecule has 4 aromatic rings. The van der Waals surface area contributed by atoms with Gasteiger partial charge in [0.05, 0.1) is 90.1 Å². The van der Waals surface area contributed by atoms with Crippen molar-refractivity contribution in [3.05, 3.63) is 83.6 Å². The summed E-state index contributed by atoms with van der Waals surface area (Å²) >= 11 is 0. The molecule has 7 rings (SSSR count). The zero-order valence-electron chi connectivity index (χ0n) is 35.2. The Bertz CT molecular complexity index is 2130. The summed E-state index contributed by atoms with van der Waals surface area (Å²) in [6, 6.07) is 15.2. The van der Waals surface area contributed by atoms with Gasteiger partial charge in [-0.25, -0.2) is 13.6 Å². The molecule has 2 unspecified atom stereocenters. The van der Waals surface area contributed by atoms with Crippen molar-refractivity contribution < 1.29 is 76.1 Å². The van der Waals surface area contributed by atoms with E-state index in [4.69, 9.17) is 52.6 Å². The molecular weight excluding hydrogens is 850 g/mol. The van der Waals surface area contributed by atoms with Gasteiger partial charge >= 0.3 is 0 Å². The fraction of sp³-hybridized carbons (Fsp3) is 0.476. The number of H-pyrrole nitrogens is 1. The number of carbonyl (C=O) groups is 2. The highest BCUT2D eigenvalue weighted by molar-refractivity contribution is 5.98. The molecular formula is C42H52F2N6O14. The minimum absolute atomic E-state index is 0.0496. The van der Waals surface area contributed by atoms with E-state index in [-0.39, 0.29) is 31.0 Å². The van der Waals surface area contributed by atoms with Crippen molar-refractivity contribution in [2.75, 3.05) is 104 Å². The Kier molecular flexibility index (Phi) is 16.9. The Labute approximate surface area is 366 Å². The summed E-state index contributed by atoms with van der Waals surface area (Å²) in [6.45, 7) is 4.94. The zero-order chi connectivity index (χ0) is 44.7. The Hall–Kier alpha value is -5.24. The van der Waals surface area contributed by atoms with Gasteiger partial charge in [0.2, 0.25) is 12.0 Å². The number of fused-ring (bicyclic) bond motifs is 2. The maximum absolute atomic E-state index is 13.5. The Morgan fingerprint density at radius 1 is 0.875 bits per heavy atom. The van der Waals surface area contributed by atoms with Crippen LogP contribution in [-0.4, -0.2) is 143 Å². The van der Waals surface area contributed by atoms with Crippen molar-refractivity contribution in [2.24, 2.45) is 0 Å². The summed E-state index contributed by atoms with van der Waals surface area (Å²) in [5, 5.41) is 16.7. The maximum atomic E-state index is 13.5. The number of aromatic amines is 1. The minimum atomic E-state index is -2.18. The van der Waals surface area contributed by atoms with Gasteiger partial charge in [-0.1, -0.05) is 11.7 Å². The number of para-hydroxylation sites is 1. The van der Waals surface area contributed by atoms with E-state index in [9.17, 15) is 23.5 Å². The van der Waals surface area contributed by atoms with Crippen LogP contribution in [0.2, 0.25) is 0 Å². The van der Waals surface area contributed by atoms with E-state index in [2.05, 4.69) is 15.9 Å². The van der Waals surface area contributed by atoms with Gasteiger partial charge in [-0.3, -0.25) is 24.3 Å². The zero-order valence-corrected chi connectivity index (χ0v) is 35.2. The molecule has 3 aromatic carbocycles. The van der Waals surface area contributed by atoms with Crippen LogP contribution in [0.1, 0.15) is 28.9 Å². The van der Waals surface area contributed by atoms with Gasteiger partial charge in [-0.15, -0.1) is 0 Å². The van der Waals surface area contributed by atoms with Gasteiger partial charge in [0, 0.05) is 49.9 Å². The molecule has 0 radical (unpaired) electrons. The third-order valence-electron chi connectivity index (χ3n) is 9.92. The quantitative estimate of drug-likeness (QED) is 0.0706. The lowest BCUT2D eigenvalue weighted by Crippen LogP contribution is -2.47. The monoisotopic (exact) mass is 902 g/mol. The van der Waals surface area contributed by atoms with Crippen LogP contribution in [0, 0.1) is 11.6 Å². The second-order valence-corrected chi connectivity index (χ2v) is 14.6. The second-order valence-electron chi connectivity index (χ2n) is 14.6. The highest BCUT2D eigenvalue weighted by Crippen LogP contribution is 2.43. The SMILES string of the molecule is CN(CCOCCOCCOCCOCCOCCOc1cccc2c1ON(C1CCONO1)O2)C(=O)c1cc2cc(N3CCC(O)(C(=O)NCc4cc(F)cc(F)c4)O3)ccc2[nH]1. The fourth-order valence-electron chi connectivity index (χ4n) is 6.58. The number of hydrogen-bond donors (Lipinski definition) is 4. The molecule has 2 saturated heterocycles. The van der Waals surface area contributed by atoms with Gasteiger partial charge in [0.15, 0.2) is 11.5 Å². The van der Waals surface area contributed by atoms with Gasteiger partial charge in [0.25, 0.3) is 17.6 Å². The first-order chi connectivity index (χ1) is 31.1. The molecule has 64 heavy (non-hydrogen) atoms. The highest BCUT2D eigenvalue weighted by atomic mass is 19.1. The Balaban J connectivity index is 0.677. The van der Waals surface area contributed by atoms with Gasteiger partial charge in [-0.05, 0) is 54.1 Å². The number of amides is 2. The largest absolute Gasteiger partial charge is 0.487 e. The van der Waals surface area contributed by atoms with Crippen LogP contribution in [0.25, 0.3) is 10.9 Å². The number of aliphatic hydroxyl groups is 1. The number of hydroxylamine groups is 3. The van der Waals surface area contributed by atoms with E-state index < -0.39 is 29.6 Å². The van der Waals surface area contributed by atoms with Crippen LogP contribution >= 0.6 is 0 Å².